The molecule has 0 saturated heterocycles. The van der Waals surface area contributed by atoms with Gasteiger partial charge in [0.2, 0.25) is 0 Å². The van der Waals surface area contributed by atoms with E-state index in [0.717, 1.165) is 22.3 Å². The Bertz CT molecular complexity index is 938. The third-order valence-electron chi connectivity index (χ3n) is 4.05. The molecule has 0 radical (unpaired) electrons. The van der Waals surface area contributed by atoms with E-state index in [-0.39, 0.29) is 5.69 Å². The van der Waals surface area contributed by atoms with Gasteiger partial charge in [-0.3, -0.25) is 19.1 Å². The van der Waals surface area contributed by atoms with Crippen LogP contribution in [0.4, 0.5) is 0 Å². The predicted molar refractivity (Wildman–Crippen MR) is 92.9 cm³/mol. The molecule has 0 saturated carbocycles. The summed E-state index contributed by atoms with van der Waals surface area (Å²) in [5, 5.41) is 0. The predicted octanol–water partition coefficient (Wildman–Crippen LogP) is 2.69. The molecule has 4 aromatic rings. The molecule has 3 aromatic heterocycles. The van der Waals surface area contributed by atoms with E-state index in [0.29, 0.717) is 13.1 Å². The maximum Gasteiger partial charge on any atom is 0.329 e. The molecule has 0 fully saturated rings. The van der Waals surface area contributed by atoms with E-state index in [9.17, 15) is 4.79 Å². The quantitative estimate of drug-likeness (QED) is 0.582. The number of pyridine rings is 2. The van der Waals surface area contributed by atoms with Crippen molar-refractivity contribution in [2.75, 3.05) is 0 Å². The van der Waals surface area contributed by atoms with Crippen LogP contribution in [0.3, 0.4) is 0 Å². The molecule has 0 aliphatic rings. The van der Waals surface area contributed by atoms with Crippen LogP contribution in [-0.2, 0) is 13.1 Å². The lowest BCUT2D eigenvalue weighted by molar-refractivity contribution is 0.692. The Balaban J connectivity index is 1.83. The van der Waals surface area contributed by atoms with Crippen molar-refractivity contribution < 1.29 is 0 Å². The second-order valence-electron chi connectivity index (χ2n) is 5.63. The molecule has 0 atom stereocenters. The first kappa shape index (κ1) is 14.4. The minimum Gasteiger partial charge on any atom is -0.287 e. The van der Waals surface area contributed by atoms with Gasteiger partial charge in [-0.05, 0) is 23.8 Å². The van der Waals surface area contributed by atoms with E-state index in [4.69, 9.17) is 0 Å². The highest BCUT2D eigenvalue weighted by molar-refractivity contribution is 5.75. The number of rotatable bonds is 4. The fourth-order valence-electron chi connectivity index (χ4n) is 2.89. The Morgan fingerprint density at radius 1 is 0.792 bits per heavy atom. The Morgan fingerprint density at radius 2 is 1.58 bits per heavy atom. The summed E-state index contributed by atoms with van der Waals surface area (Å²) in [6, 6.07) is 17.6. The molecule has 0 spiro atoms. The van der Waals surface area contributed by atoms with Gasteiger partial charge in [0.05, 0.1) is 36.0 Å². The van der Waals surface area contributed by atoms with Gasteiger partial charge in [-0.25, -0.2) is 4.79 Å². The lowest BCUT2D eigenvalue weighted by Gasteiger charge is -2.03. The normalized spacial score (nSPS) is 11.0. The maximum atomic E-state index is 13.0. The minimum absolute atomic E-state index is 0.0486. The first-order chi connectivity index (χ1) is 11.8. The Hall–Kier alpha value is -3.21. The molecule has 0 aliphatic heterocycles. The summed E-state index contributed by atoms with van der Waals surface area (Å²) in [5.41, 5.74) is 3.60. The number of hydrogen-bond donors (Lipinski definition) is 0. The Labute approximate surface area is 138 Å². The second-order valence-corrected chi connectivity index (χ2v) is 5.63. The first-order valence-electron chi connectivity index (χ1n) is 7.80. The number of benzene rings is 1. The molecule has 0 aliphatic carbocycles. The van der Waals surface area contributed by atoms with Gasteiger partial charge in [0, 0.05) is 12.4 Å². The molecular formula is C19H16N4O. The van der Waals surface area contributed by atoms with Crippen molar-refractivity contribution in [3.8, 4) is 0 Å². The highest BCUT2D eigenvalue weighted by Crippen LogP contribution is 2.14. The monoisotopic (exact) mass is 316 g/mol. The molecule has 0 amide bonds. The molecule has 0 bridgehead atoms. The van der Waals surface area contributed by atoms with Crippen LogP contribution in [0.15, 0.2) is 78.0 Å². The summed E-state index contributed by atoms with van der Waals surface area (Å²) in [4.78, 5) is 21.5. The van der Waals surface area contributed by atoms with Crippen LogP contribution in [0.25, 0.3) is 11.0 Å². The maximum absolute atomic E-state index is 13.0. The molecule has 4 rings (SSSR count). The Morgan fingerprint density at radius 3 is 2.38 bits per heavy atom. The van der Waals surface area contributed by atoms with E-state index >= 15 is 0 Å². The van der Waals surface area contributed by atoms with Gasteiger partial charge in [0.25, 0.3) is 0 Å². The SMILES string of the molecule is O=c1n(Cc2ccccc2)c2ccncc2n1Cc1ccccn1. The van der Waals surface area contributed by atoms with Crippen molar-refractivity contribution in [1.82, 2.24) is 19.1 Å². The number of fused-ring (bicyclic) bond motifs is 1. The van der Waals surface area contributed by atoms with Crippen molar-refractivity contribution in [1.29, 1.82) is 0 Å². The van der Waals surface area contributed by atoms with Gasteiger partial charge in [0.15, 0.2) is 0 Å². The van der Waals surface area contributed by atoms with Gasteiger partial charge in [0.1, 0.15) is 0 Å². The van der Waals surface area contributed by atoms with Crippen LogP contribution >= 0.6 is 0 Å². The van der Waals surface area contributed by atoms with Crippen LogP contribution in [-0.4, -0.2) is 19.1 Å². The van der Waals surface area contributed by atoms with Crippen molar-refractivity contribution in [2.45, 2.75) is 13.1 Å². The largest absolute Gasteiger partial charge is 0.329 e. The molecule has 118 valence electrons. The van der Waals surface area contributed by atoms with Gasteiger partial charge in [-0.1, -0.05) is 36.4 Å². The summed E-state index contributed by atoms with van der Waals surface area (Å²) in [5.74, 6) is 0. The molecular weight excluding hydrogens is 300 g/mol. The molecule has 5 heteroatoms. The summed E-state index contributed by atoms with van der Waals surface area (Å²) in [6.45, 7) is 0.971. The second kappa shape index (κ2) is 6.12. The molecule has 5 nitrogen and oxygen atoms in total. The molecule has 0 unspecified atom stereocenters. The van der Waals surface area contributed by atoms with E-state index in [1.807, 2.05) is 54.6 Å². The van der Waals surface area contributed by atoms with E-state index in [1.54, 1.807) is 27.7 Å². The number of aromatic nitrogens is 4. The lowest BCUT2D eigenvalue weighted by Crippen LogP contribution is -2.25. The average molecular weight is 316 g/mol. The van der Waals surface area contributed by atoms with Crippen molar-refractivity contribution in [3.05, 3.63) is 94.9 Å². The average Bonchev–Trinajstić information content (AvgIpc) is 2.90. The van der Waals surface area contributed by atoms with Crippen LogP contribution < -0.4 is 5.69 Å². The molecule has 0 N–H and O–H groups in total. The smallest absolute Gasteiger partial charge is 0.287 e. The van der Waals surface area contributed by atoms with Crippen LogP contribution in [0.1, 0.15) is 11.3 Å². The van der Waals surface area contributed by atoms with Gasteiger partial charge >= 0.3 is 5.69 Å². The third-order valence-corrected chi connectivity index (χ3v) is 4.05. The first-order valence-corrected chi connectivity index (χ1v) is 7.80. The number of imidazole rings is 1. The third kappa shape index (κ3) is 2.60. The summed E-state index contributed by atoms with van der Waals surface area (Å²) < 4.78 is 3.52. The zero-order valence-corrected chi connectivity index (χ0v) is 13.0. The van der Waals surface area contributed by atoms with Crippen LogP contribution in [0, 0.1) is 0 Å². The fraction of sp³-hybridized carbons (Fsp3) is 0.105. The highest BCUT2D eigenvalue weighted by atomic mass is 16.1. The molecule has 1 aromatic carbocycles. The standard InChI is InChI=1S/C19H16N4O/c24-19-22(13-15-6-2-1-3-7-15)17-9-11-20-12-18(17)23(19)14-16-8-4-5-10-21-16/h1-12H,13-14H2. The van der Waals surface area contributed by atoms with Gasteiger partial charge in [-0.15, -0.1) is 0 Å². The van der Waals surface area contributed by atoms with Gasteiger partial charge < -0.3 is 0 Å². The number of hydrogen-bond acceptors (Lipinski definition) is 3. The van der Waals surface area contributed by atoms with Crippen LogP contribution in [0.5, 0.6) is 0 Å². The molecule has 24 heavy (non-hydrogen) atoms. The minimum atomic E-state index is -0.0486. The lowest BCUT2D eigenvalue weighted by atomic mass is 10.2. The topological polar surface area (TPSA) is 52.7 Å². The van der Waals surface area contributed by atoms with Crippen molar-refractivity contribution in [3.63, 3.8) is 0 Å². The number of nitrogens with zero attached hydrogens (tertiary/aromatic N) is 4. The zero-order valence-electron chi connectivity index (χ0n) is 13.0. The summed E-state index contributed by atoms with van der Waals surface area (Å²) in [6.07, 6.45) is 5.19. The van der Waals surface area contributed by atoms with E-state index in [2.05, 4.69) is 9.97 Å². The van der Waals surface area contributed by atoms with E-state index in [1.165, 1.54) is 0 Å². The van der Waals surface area contributed by atoms with Crippen molar-refractivity contribution in [2.24, 2.45) is 0 Å². The summed E-state index contributed by atoms with van der Waals surface area (Å²) >= 11 is 0. The fourth-order valence-corrected chi connectivity index (χ4v) is 2.89. The summed E-state index contributed by atoms with van der Waals surface area (Å²) in [7, 11) is 0. The van der Waals surface area contributed by atoms with Gasteiger partial charge in [-0.2, -0.15) is 0 Å². The van der Waals surface area contributed by atoms with Crippen LogP contribution in [0.2, 0.25) is 0 Å². The zero-order chi connectivity index (χ0) is 16.4. The van der Waals surface area contributed by atoms with Crippen molar-refractivity contribution >= 4 is 11.0 Å². The highest BCUT2D eigenvalue weighted by Gasteiger charge is 2.14. The molecule has 3 heterocycles. The van der Waals surface area contributed by atoms with E-state index < -0.39 is 0 Å². The Kier molecular flexibility index (Phi) is 3.67.